The molecule has 0 fully saturated rings. The SMILES string of the molecule is CN(Cc1ccncc1)C(=O)c1cn(-c2ccccc2)nc1-c1ccc(Cl)cc1. The average molecular weight is 403 g/mol. The zero-order valence-electron chi connectivity index (χ0n) is 15.9. The quantitative estimate of drug-likeness (QED) is 0.479. The number of para-hydroxylation sites is 1. The summed E-state index contributed by atoms with van der Waals surface area (Å²) in [5, 5.41) is 5.34. The Balaban J connectivity index is 1.73. The fourth-order valence-electron chi connectivity index (χ4n) is 3.10. The van der Waals surface area contributed by atoms with E-state index >= 15 is 0 Å². The topological polar surface area (TPSA) is 51.0 Å². The lowest BCUT2D eigenvalue weighted by Crippen LogP contribution is -2.26. The monoisotopic (exact) mass is 402 g/mol. The summed E-state index contributed by atoms with van der Waals surface area (Å²) in [6, 6.07) is 20.9. The molecular formula is C23H19ClN4O. The third-order valence-corrected chi connectivity index (χ3v) is 4.85. The molecule has 0 N–H and O–H groups in total. The summed E-state index contributed by atoms with van der Waals surface area (Å²) in [4.78, 5) is 19.0. The molecule has 0 bridgehead atoms. The van der Waals surface area contributed by atoms with Crippen LogP contribution in [0, 0.1) is 0 Å². The Hall–Kier alpha value is -3.44. The van der Waals surface area contributed by atoms with Crippen LogP contribution in [0.2, 0.25) is 5.02 Å². The van der Waals surface area contributed by atoms with Gasteiger partial charge in [-0.3, -0.25) is 9.78 Å². The second-order valence-electron chi connectivity index (χ2n) is 6.70. The van der Waals surface area contributed by atoms with E-state index in [1.165, 1.54) is 0 Å². The first kappa shape index (κ1) is 18.9. The van der Waals surface area contributed by atoms with Crippen molar-refractivity contribution in [3.63, 3.8) is 0 Å². The lowest BCUT2D eigenvalue weighted by atomic mass is 10.1. The van der Waals surface area contributed by atoms with Gasteiger partial charge in [0.05, 0.1) is 11.3 Å². The summed E-state index contributed by atoms with van der Waals surface area (Å²) >= 11 is 6.04. The van der Waals surface area contributed by atoms with Crippen LogP contribution >= 0.6 is 11.6 Å². The standard InChI is InChI=1S/C23H19ClN4O/c1-27(15-17-11-13-25-14-12-17)23(29)21-16-28(20-5-3-2-4-6-20)26-22(21)18-7-9-19(24)10-8-18/h2-14,16H,15H2,1H3. The van der Waals surface area contributed by atoms with E-state index in [2.05, 4.69) is 4.98 Å². The van der Waals surface area contributed by atoms with E-state index in [0.29, 0.717) is 22.8 Å². The van der Waals surface area contributed by atoms with E-state index in [9.17, 15) is 4.79 Å². The van der Waals surface area contributed by atoms with Crippen LogP contribution in [0.15, 0.2) is 85.3 Å². The smallest absolute Gasteiger partial charge is 0.257 e. The van der Waals surface area contributed by atoms with E-state index in [1.54, 1.807) is 47.4 Å². The molecule has 5 nitrogen and oxygen atoms in total. The van der Waals surface area contributed by atoms with Gasteiger partial charge in [-0.15, -0.1) is 0 Å². The molecule has 4 rings (SSSR count). The average Bonchev–Trinajstić information content (AvgIpc) is 3.20. The molecule has 6 heteroatoms. The normalized spacial score (nSPS) is 10.7. The number of rotatable bonds is 5. The van der Waals surface area contributed by atoms with E-state index in [-0.39, 0.29) is 5.91 Å². The minimum atomic E-state index is -0.103. The molecule has 144 valence electrons. The van der Waals surface area contributed by atoms with E-state index in [0.717, 1.165) is 16.8 Å². The Bertz CT molecular complexity index is 1110. The third-order valence-electron chi connectivity index (χ3n) is 4.60. The van der Waals surface area contributed by atoms with Gasteiger partial charge in [-0.1, -0.05) is 41.9 Å². The molecule has 2 aromatic heterocycles. The minimum Gasteiger partial charge on any atom is -0.337 e. The van der Waals surface area contributed by atoms with Gasteiger partial charge in [0.1, 0.15) is 5.69 Å². The van der Waals surface area contributed by atoms with Gasteiger partial charge < -0.3 is 4.90 Å². The summed E-state index contributed by atoms with van der Waals surface area (Å²) in [5.74, 6) is -0.103. The molecule has 0 unspecified atom stereocenters. The van der Waals surface area contributed by atoms with Gasteiger partial charge in [0.2, 0.25) is 0 Å². The molecule has 0 aliphatic heterocycles. The van der Waals surface area contributed by atoms with Crippen molar-refractivity contribution in [1.82, 2.24) is 19.7 Å². The maximum atomic E-state index is 13.3. The fraction of sp³-hybridized carbons (Fsp3) is 0.0870. The summed E-state index contributed by atoms with van der Waals surface area (Å²) in [5.41, 5.74) is 3.90. The second kappa shape index (κ2) is 8.29. The first-order chi connectivity index (χ1) is 14.1. The Morgan fingerprint density at radius 1 is 1.00 bits per heavy atom. The molecular weight excluding hydrogens is 384 g/mol. The maximum absolute atomic E-state index is 13.3. The number of hydrogen-bond acceptors (Lipinski definition) is 3. The van der Waals surface area contributed by atoms with Crippen molar-refractivity contribution in [2.45, 2.75) is 6.54 Å². The molecule has 0 saturated carbocycles. The van der Waals surface area contributed by atoms with Crippen LogP contribution in [0.5, 0.6) is 0 Å². The van der Waals surface area contributed by atoms with Crippen molar-refractivity contribution in [3.8, 4) is 16.9 Å². The van der Waals surface area contributed by atoms with Crippen molar-refractivity contribution in [2.24, 2.45) is 0 Å². The number of hydrogen-bond donors (Lipinski definition) is 0. The molecule has 0 saturated heterocycles. The highest BCUT2D eigenvalue weighted by Crippen LogP contribution is 2.26. The van der Waals surface area contributed by atoms with Gasteiger partial charge >= 0.3 is 0 Å². The number of benzene rings is 2. The Kier molecular flexibility index (Phi) is 5.40. The number of amides is 1. The molecule has 0 atom stereocenters. The van der Waals surface area contributed by atoms with Crippen LogP contribution in [0.4, 0.5) is 0 Å². The number of nitrogens with zero attached hydrogens (tertiary/aromatic N) is 4. The van der Waals surface area contributed by atoms with E-state index < -0.39 is 0 Å². The molecule has 0 radical (unpaired) electrons. The lowest BCUT2D eigenvalue weighted by Gasteiger charge is -2.17. The van der Waals surface area contributed by atoms with Crippen molar-refractivity contribution >= 4 is 17.5 Å². The lowest BCUT2D eigenvalue weighted by molar-refractivity contribution is 0.0786. The third kappa shape index (κ3) is 4.20. The Labute approximate surface area is 174 Å². The summed E-state index contributed by atoms with van der Waals surface area (Å²) in [6.45, 7) is 0.484. The van der Waals surface area contributed by atoms with Crippen LogP contribution in [0.1, 0.15) is 15.9 Å². The molecule has 0 aliphatic rings. The molecule has 4 aromatic rings. The van der Waals surface area contributed by atoms with Gasteiger partial charge in [-0.25, -0.2) is 4.68 Å². The largest absolute Gasteiger partial charge is 0.337 e. The molecule has 2 heterocycles. The Morgan fingerprint density at radius 2 is 1.69 bits per heavy atom. The summed E-state index contributed by atoms with van der Waals surface area (Å²) < 4.78 is 1.73. The molecule has 1 amide bonds. The van der Waals surface area contributed by atoms with Crippen molar-refractivity contribution in [2.75, 3.05) is 7.05 Å². The number of halogens is 1. The highest BCUT2D eigenvalue weighted by Gasteiger charge is 2.21. The number of carbonyl (C=O) groups excluding carboxylic acids is 1. The van der Waals surface area contributed by atoms with E-state index in [4.69, 9.17) is 16.7 Å². The van der Waals surface area contributed by atoms with Crippen LogP contribution in [0.3, 0.4) is 0 Å². The van der Waals surface area contributed by atoms with Crippen molar-refractivity contribution in [3.05, 3.63) is 101 Å². The van der Waals surface area contributed by atoms with Crippen LogP contribution in [-0.4, -0.2) is 32.6 Å². The summed E-state index contributed by atoms with van der Waals surface area (Å²) in [7, 11) is 1.79. The van der Waals surface area contributed by atoms with Gasteiger partial charge in [-0.05, 0) is 42.0 Å². The maximum Gasteiger partial charge on any atom is 0.257 e. The fourth-order valence-corrected chi connectivity index (χ4v) is 3.23. The van der Waals surface area contributed by atoms with Crippen LogP contribution in [0.25, 0.3) is 16.9 Å². The van der Waals surface area contributed by atoms with Gasteiger partial charge in [0.25, 0.3) is 5.91 Å². The van der Waals surface area contributed by atoms with Gasteiger partial charge in [-0.2, -0.15) is 5.10 Å². The van der Waals surface area contributed by atoms with Crippen molar-refractivity contribution < 1.29 is 4.79 Å². The van der Waals surface area contributed by atoms with Crippen LogP contribution in [-0.2, 0) is 6.54 Å². The van der Waals surface area contributed by atoms with Gasteiger partial charge in [0, 0.05) is 42.8 Å². The first-order valence-electron chi connectivity index (χ1n) is 9.17. The Morgan fingerprint density at radius 3 is 2.38 bits per heavy atom. The minimum absolute atomic E-state index is 0.103. The van der Waals surface area contributed by atoms with E-state index in [1.807, 2.05) is 54.6 Å². The molecule has 29 heavy (non-hydrogen) atoms. The van der Waals surface area contributed by atoms with Crippen molar-refractivity contribution in [1.29, 1.82) is 0 Å². The number of carbonyl (C=O) groups is 1. The first-order valence-corrected chi connectivity index (χ1v) is 9.55. The zero-order chi connectivity index (χ0) is 20.2. The molecule has 0 spiro atoms. The molecule has 2 aromatic carbocycles. The van der Waals surface area contributed by atoms with Gasteiger partial charge in [0.15, 0.2) is 0 Å². The summed E-state index contributed by atoms with van der Waals surface area (Å²) in [6.07, 6.45) is 5.23. The highest BCUT2D eigenvalue weighted by atomic mass is 35.5. The zero-order valence-corrected chi connectivity index (χ0v) is 16.6. The number of aromatic nitrogens is 3. The van der Waals surface area contributed by atoms with Crippen LogP contribution < -0.4 is 0 Å². The predicted molar refractivity (Wildman–Crippen MR) is 114 cm³/mol. The number of pyridine rings is 1. The highest BCUT2D eigenvalue weighted by molar-refractivity contribution is 6.30. The molecule has 0 aliphatic carbocycles. The second-order valence-corrected chi connectivity index (χ2v) is 7.13. The predicted octanol–water partition coefficient (Wildman–Crippen LogP) is 4.86.